The smallest absolute Gasteiger partial charge is 0.262 e. The van der Waals surface area contributed by atoms with Gasteiger partial charge < -0.3 is 10.1 Å². The largest absolute Gasteiger partial charge is 0.484 e. The number of sulfonamides is 1. The lowest BCUT2D eigenvalue weighted by molar-refractivity contribution is -0.118. The summed E-state index contributed by atoms with van der Waals surface area (Å²) in [5.74, 6) is 0.742. The van der Waals surface area contributed by atoms with Gasteiger partial charge in [0.05, 0.1) is 4.90 Å². The molecule has 0 aliphatic rings. The zero-order valence-electron chi connectivity index (χ0n) is 17.9. The lowest BCUT2D eigenvalue weighted by Gasteiger charge is -2.16. The molecule has 1 N–H and O–H groups in total. The summed E-state index contributed by atoms with van der Waals surface area (Å²) in [6, 6.07) is 10.8. The second kappa shape index (κ2) is 9.41. The van der Waals surface area contributed by atoms with Gasteiger partial charge in [-0.25, -0.2) is 12.7 Å². The van der Waals surface area contributed by atoms with Crippen LogP contribution in [0.5, 0.6) is 5.75 Å². The van der Waals surface area contributed by atoms with Gasteiger partial charge in [0, 0.05) is 19.8 Å². The number of hydrogen-bond donors (Lipinski definition) is 1. The number of hydrogen-bond acceptors (Lipinski definition) is 4. The van der Waals surface area contributed by atoms with E-state index in [0.717, 1.165) is 21.9 Å². The van der Waals surface area contributed by atoms with Gasteiger partial charge >= 0.3 is 0 Å². The molecule has 2 aromatic rings. The molecule has 0 radical (unpaired) electrons. The lowest BCUT2D eigenvalue weighted by atomic mass is 9.99. The number of amides is 1. The Labute approximate surface area is 173 Å². The highest BCUT2D eigenvalue weighted by molar-refractivity contribution is 7.89. The van der Waals surface area contributed by atoms with Gasteiger partial charge in [-0.05, 0) is 67.1 Å². The summed E-state index contributed by atoms with van der Waals surface area (Å²) in [5.41, 5.74) is 3.29. The Morgan fingerprint density at radius 3 is 2.31 bits per heavy atom. The van der Waals surface area contributed by atoms with Crippen molar-refractivity contribution in [3.63, 3.8) is 0 Å². The minimum atomic E-state index is -3.59. The molecular formula is C22H30N2O4S. The van der Waals surface area contributed by atoms with E-state index in [0.29, 0.717) is 17.4 Å². The molecule has 0 saturated heterocycles. The van der Waals surface area contributed by atoms with Crippen molar-refractivity contribution in [3.8, 4) is 5.75 Å². The Bertz CT molecular complexity index is 967. The molecule has 0 saturated carbocycles. The number of carbonyl (C=O) groups excluding carboxylic acids is 1. The summed E-state index contributed by atoms with van der Waals surface area (Å²) in [4.78, 5) is 12.5. The Balaban J connectivity index is 2.10. The Hall–Kier alpha value is -2.38. The van der Waals surface area contributed by atoms with Gasteiger partial charge in [-0.3, -0.25) is 4.79 Å². The molecule has 0 aromatic heterocycles. The molecule has 6 nitrogen and oxygen atoms in total. The summed E-state index contributed by atoms with van der Waals surface area (Å²) in [5, 5.41) is 2.76. The highest BCUT2D eigenvalue weighted by Gasteiger charge is 2.20. The molecule has 7 heteroatoms. The third-order valence-electron chi connectivity index (χ3n) is 5.12. The van der Waals surface area contributed by atoms with Crippen molar-refractivity contribution in [1.29, 1.82) is 0 Å². The standard InChI is InChI=1S/C22H30N2O4S/c1-7-15(2)18-8-10-19(11-9-18)28-14-22(25)23-21-13-20(12-16(3)17(21)4)29(26,27)24(5)6/h8-13,15H,7,14H2,1-6H3,(H,23,25). The summed E-state index contributed by atoms with van der Waals surface area (Å²) in [7, 11) is -0.642. The maximum Gasteiger partial charge on any atom is 0.262 e. The van der Waals surface area contributed by atoms with E-state index in [2.05, 4.69) is 19.2 Å². The van der Waals surface area contributed by atoms with Crippen LogP contribution < -0.4 is 10.1 Å². The molecule has 0 spiro atoms. The van der Waals surface area contributed by atoms with Crippen LogP contribution in [0.3, 0.4) is 0 Å². The van der Waals surface area contributed by atoms with Gasteiger partial charge in [0.25, 0.3) is 5.91 Å². The Morgan fingerprint density at radius 1 is 1.14 bits per heavy atom. The van der Waals surface area contributed by atoms with E-state index < -0.39 is 10.0 Å². The molecule has 0 aliphatic heterocycles. The summed E-state index contributed by atoms with van der Waals surface area (Å²) >= 11 is 0. The van der Waals surface area contributed by atoms with Crippen LogP contribution in [0.2, 0.25) is 0 Å². The molecular weight excluding hydrogens is 388 g/mol. The Morgan fingerprint density at radius 2 is 1.76 bits per heavy atom. The fourth-order valence-electron chi connectivity index (χ4n) is 2.78. The number of aryl methyl sites for hydroxylation is 1. The second-order valence-corrected chi connectivity index (χ2v) is 9.57. The molecule has 1 atom stereocenters. The minimum absolute atomic E-state index is 0.141. The van der Waals surface area contributed by atoms with Crippen LogP contribution in [0.25, 0.3) is 0 Å². The van der Waals surface area contributed by atoms with Crippen molar-refractivity contribution in [2.75, 3.05) is 26.0 Å². The SMILES string of the molecule is CCC(C)c1ccc(OCC(=O)Nc2cc(S(=O)(=O)N(C)C)cc(C)c2C)cc1. The first-order valence-corrected chi connectivity index (χ1v) is 11.1. The number of benzene rings is 2. The third-order valence-corrected chi connectivity index (χ3v) is 6.92. The summed E-state index contributed by atoms with van der Waals surface area (Å²) in [6.07, 6.45) is 1.06. The van der Waals surface area contributed by atoms with Crippen LogP contribution in [-0.2, 0) is 14.8 Å². The van der Waals surface area contributed by atoms with E-state index in [9.17, 15) is 13.2 Å². The second-order valence-electron chi connectivity index (χ2n) is 7.42. The molecule has 1 unspecified atom stereocenters. The normalized spacial score (nSPS) is 12.7. The fraction of sp³-hybridized carbons (Fsp3) is 0.409. The van der Waals surface area contributed by atoms with E-state index in [1.807, 2.05) is 38.1 Å². The quantitative estimate of drug-likeness (QED) is 0.701. The molecule has 0 bridgehead atoms. The van der Waals surface area contributed by atoms with E-state index in [-0.39, 0.29) is 17.4 Å². The number of nitrogens with zero attached hydrogens (tertiary/aromatic N) is 1. The first-order valence-electron chi connectivity index (χ1n) is 9.62. The number of nitrogens with one attached hydrogen (secondary N) is 1. The molecule has 0 heterocycles. The van der Waals surface area contributed by atoms with Crippen molar-refractivity contribution in [1.82, 2.24) is 4.31 Å². The van der Waals surface area contributed by atoms with Crippen molar-refractivity contribution < 1.29 is 17.9 Å². The van der Waals surface area contributed by atoms with E-state index in [1.165, 1.54) is 25.7 Å². The van der Waals surface area contributed by atoms with Crippen molar-refractivity contribution >= 4 is 21.6 Å². The van der Waals surface area contributed by atoms with E-state index >= 15 is 0 Å². The van der Waals surface area contributed by atoms with Crippen LogP contribution in [0.15, 0.2) is 41.3 Å². The highest BCUT2D eigenvalue weighted by Crippen LogP contribution is 2.26. The topological polar surface area (TPSA) is 75.7 Å². The van der Waals surface area contributed by atoms with Gasteiger partial charge in [0.1, 0.15) is 5.75 Å². The monoisotopic (exact) mass is 418 g/mol. The fourth-order valence-corrected chi connectivity index (χ4v) is 3.79. The van der Waals surface area contributed by atoms with Crippen LogP contribution in [0.1, 0.15) is 42.9 Å². The van der Waals surface area contributed by atoms with Crippen LogP contribution in [0.4, 0.5) is 5.69 Å². The average molecular weight is 419 g/mol. The third kappa shape index (κ3) is 5.58. The molecule has 0 aliphatic carbocycles. The number of ether oxygens (including phenoxy) is 1. The van der Waals surface area contributed by atoms with Crippen molar-refractivity contribution in [3.05, 3.63) is 53.1 Å². The van der Waals surface area contributed by atoms with Gasteiger partial charge in [-0.1, -0.05) is 26.0 Å². The van der Waals surface area contributed by atoms with Gasteiger partial charge in [0.15, 0.2) is 6.61 Å². The number of rotatable bonds is 8. The van der Waals surface area contributed by atoms with Crippen molar-refractivity contribution in [2.45, 2.75) is 44.9 Å². The van der Waals surface area contributed by atoms with E-state index in [1.54, 1.807) is 6.07 Å². The highest BCUT2D eigenvalue weighted by atomic mass is 32.2. The Kier molecular flexibility index (Phi) is 7.43. The van der Waals surface area contributed by atoms with Crippen LogP contribution >= 0.6 is 0 Å². The maximum atomic E-state index is 12.4. The molecule has 29 heavy (non-hydrogen) atoms. The predicted molar refractivity (Wildman–Crippen MR) is 116 cm³/mol. The minimum Gasteiger partial charge on any atom is -0.484 e. The van der Waals surface area contributed by atoms with E-state index in [4.69, 9.17) is 4.74 Å². The molecule has 2 aromatic carbocycles. The summed E-state index contributed by atoms with van der Waals surface area (Å²) < 4.78 is 31.6. The lowest BCUT2D eigenvalue weighted by Crippen LogP contribution is -2.24. The molecule has 158 valence electrons. The zero-order chi connectivity index (χ0) is 21.8. The van der Waals surface area contributed by atoms with Gasteiger partial charge in [-0.2, -0.15) is 0 Å². The summed E-state index contributed by atoms with van der Waals surface area (Å²) in [6.45, 7) is 7.80. The number of carbonyl (C=O) groups is 1. The number of anilines is 1. The first kappa shape index (κ1) is 22.9. The first-order chi connectivity index (χ1) is 13.6. The van der Waals surface area contributed by atoms with Crippen molar-refractivity contribution in [2.24, 2.45) is 0 Å². The molecule has 0 fully saturated rings. The predicted octanol–water partition coefficient (Wildman–Crippen LogP) is 4.08. The van der Waals surface area contributed by atoms with Crippen LogP contribution in [0, 0.1) is 13.8 Å². The average Bonchev–Trinajstić information content (AvgIpc) is 2.69. The van der Waals surface area contributed by atoms with Gasteiger partial charge in [-0.15, -0.1) is 0 Å². The molecule has 1 amide bonds. The van der Waals surface area contributed by atoms with Crippen LogP contribution in [-0.4, -0.2) is 39.3 Å². The molecule has 2 rings (SSSR count). The zero-order valence-corrected chi connectivity index (χ0v) is 18.8. The van der Waals surface area contributed by atoms with Gasteiger partial charge in [0.2, 0.25) is 10.0 Å². The maximum absolute atomic E-state index is 12.4.